The maximum atomic E-state index is 12.7. The molecule has 0 aromatic heterocycles. The molecule has 160 valence electrons. The smallest absolute Gasteiger partial charge is 0.326 e. The number of likely N-dealkylation sites (tertiary alicyclic amines) is 1. The van der Waals surface area contributed by atoms with Crippen molar-refractivity contribution in [2.75, 3.05) is 18.5 Å². The number of carbonyl (C=O) groups excluding carboxylic acids is 4. The van der Waals surface area contributed by atoms with E-state index < -0.39 is 48.7 Å². The maximum Gasteiger partial charge on any atom is 0.326 e. The number of carbonyl (C=O) groups is 4. The fourth-order valence-corrected chi connectivity index (χ4v) is 5.95. The summed E-state index contributed by atoms with van der Waals surface area (Å²) in [6.45, 7) is 0.842. The summed E-state index contributed by atoms with van der Waals surface area (Å²) in [4.78, 5) is 50.6. The monoisotopic (exact) mass is 516 g/mol. The maximum absolute atomic E-state index is 12.7. The van der Waals surface area contributed by atoms with Gasteiger partial charge in [-0.25, -0.2) is 0 Å². The predicted octanol–water partition coefficient (Wildman–Crippen LogP) is 2.70. The normalized spacial score (nSPS) is 31.8. The molecular formula is C20H19BrCl2N2O5. The fourth-order valence-electron chi connectivity index (χ4n) is 4.81. The summed E-state index contributed by atoms with van der Waals surface area (Å²) in [6, 6.07) is 5.27. The highest BCUT2D eigenvalue weighted by atomic mass is 79.9. The summed E-state index contributed by atoms with van der Waals surface area (Å²) < 4.78 is 5.87. The van der Waals surface area contributed by atoms with Crippen LogP contribution in [0.25, 0.3) is 0 Å². The van der Waals surface area contributed by atoms with E-state index in [1.54, 1.807) is 18.2 Å². The van der Waals surface area contributed by atoms with Crippen LogP contribution in [0.4, 0.5) is 5.69 Å². The Hall–Kier alpha value is -1.64. The van der Waals surface area contributed by atoms with E-state index in [0.717, 1.165) is 14.9 Å². The van der Waals surface area contributed by atoms with Crippen LogP contribution in [-0.4, -0.2) is 52.5 Å². The van der Waals surface area contributed by atoms with Gasteiger partial charge in [0.25, 0.3) is 5.91 Å². The third kappa shape index (κ3) is 3.63. The first-order chi connectivity index (χ1) is 14.2. The summed E-state index contributed by atoms with van der Waals surface area (Å²) in [5.41, 5.74) is 1.50. The molecule has 1 saturated heterocycles. The molecule has 3 aliphatic rings. The van der Waals surface area contributed by atoms with Gasteiger partial charge in [0, 0.05) is 10.2 Å². The topological polar surface area (TPSA) is 92.8 Å². The Balaban J connectivity index is 1.31. The molecule has 3 fully saturated rings. The van der Waals surface area contributed by atoms with Crippen LogP contribution in [0.1, 0.15) is 12.0 Å². The Bertz CT molecular complexity index is 910. The lowest BCUT2D eigenvalue weighted by molar-refractivity contribution is -0.154. The van der Waals surface area contributed by atoms with E-state index in [1.165, 1.54) is 0 Å². The molecule has 2 saturated carbocycles. The second kappa shape index (κ2) is 8.13. The molecule has 4 rings (SSSR count). The summed E-state index contributed by atoms with van der Waals surface area (Å²) in [5, 5.41) is 1.92. The lowest BCUT2D eigenvalue weighted by atomic mass is 9.80. The molecule has 0 radical (unpaired) electrons. The number of ether oxygens (including phenoxy) is 1. The molecular weight excluding hydrogens is 499 g/mol. The van der Waals surface area contributed by atoms with Gasteiger partial charge >= 0.3 is 5.97 Å². The number of alkyl halides is 2. The van der Waals surface area contributed by atoms with Gasteiger partial charge in [-0.3, -0.25) is 24.1 Å². The first-order valence-electron chi connectivity index (χ1n) is 9.54. The highest BCUT2D eigenvalue weighted by Crippen LogP contribution is 2.59. The number of esters is 1. The Morgan fingerprint density at radius 3 is 2.33 bits per heavy atom. The molecule has 2 aliphatic carbocycles. The fraction of sp³-hybridized carbons (Fsp3) is 0.500. The molecule has 1 aromatic rings. The summed E-state index contributed by atoms with van der Waals surface area (Å²) in [7, 11) is 0. The number of fused-ring (bicyclic) bond motifs is 5. The van der Waals surface area contributed by atoms with Crippen LogP contribution in [0.2, 0.25) is 0 Å². The van der Waals surface area contributed by atoms with Gasteiger partial charge in [0.15, 0.2) is 6.61 Å². The Morgan fingerprint density at radius 2 is 1.77 bits per heavy atom. The van der Waals surface area contributed by atoms with E-state index in [4.69, 9.17) is 27.9 Å². The number of halogens is 3. The van der Waals surface area contributed by atoms with E-state index in [0.29, 0.717) is 12.1 Å². The SMILES string of the molecule is Cc1cc(NC(=O)COC(=O)CN2C(=O)[C@@H]3[C@H]4C[C@@H]([C@H](Cl)[C@H]4Cl)[C@H]3C2=O)ccc1Br. The zero-order chi connectivity index (χ0) is 21.7. The second-order valence-corrected chi connectivity index (χ2v) is 9.80. The van der Waals surface area contributed by atoms with Crippen molar-refractivity contribution in [3.8, 4) is 0 Å². The van der Waals surface area contributed by atoms with Gasteiger partial charge in [0.1, 0.15) is 6.54 Å². The van der Waals surface area contributed by atoms with E-state index >= 15 is 0 Å². The van der Waals surface area contributed by atoms with Gasteiger partial charge in [0.2, 0.25) is 11.8 Å². The number of anilines is 1. The minimum absolute atomic E-state index is 0.151. The molecule has 30 heavy (non-hydrogen) atoms. The quantitative estimate of drug-likeness (QED) is 0.368. The molecule has 0 unspecified atom stereocenters. The predicted molar refractivity (Wildman–Crippen MR) is 113 cm³/mol. The van der Waals surface area contributed by atoms with Crippen molar-refractivity contribution in [2.24, 2.45) is 23.7 Å². The molecule has 1 aliphatic heterocycles. The number of hydrogen-bond acceptors (Lipinski definition) is 5. The molecule has 1 heterocycles. The number of nitrogens with one attached hydrogen (secondary N) is 1. The van der Waals surface area contributed by atoms with Crippen molar-refractivity contribution < 1.29 is 23.9 Å². The highest BCUT2D eigenvalue weighted by Gasteiger charge is 2.66. The molecule has 10 heteroatoms. The van der Waals surface area contributed by atoms with Crippen LogP contribution in [0.3, 0.4) is 0 Å². The van der Waals surface area contributed by atoms with Gasteiger partial charge in [-0.1, -0.05) is 15.9 Å². The zero-order valence-electron chi connectivity index (χ0n) is 15.9. The van der Waals surface area contributed by atoms with E-state index in [-0.39, 0.29) is 22.6 Å². The van der Waals surface area contributed by atoms with E-state index in [9.17, 15) is 19.2 Å². The Labute approximate surface area is 191 Å². The average Bonchev–Trinajstić information content (AvgIpc) is 3.30. The molecule has 7 nitrogen and oxygen atoms in total. The van der Waals surface area contributed by atoms with Crippen molar-refractivity contribution in [1.82, 2.24) is 4.90 Å². The third-order valence-corrected chi connectivity index (χ3v) is 8.38. The van der Waals surface area contributed by atoms with Gasteiger partial charge in [-0.05, 0) is 48.9 Å². The minimum Gasteiger partial charge on any atom is -0.454 e. The summed E-state index contributed by atoms with van der Waals surface area (Å²) >= 11 is 16.0. The summed E-state index contributed by atoms with van der Waals surface area (Å²) in [6.07, 6.45) is 0.656. The largest absolute Gasteiger partial charge is 0.454 e. The molecule has 6 atom stereocenters. The molecule has 1 N–H and O–H groups in total. The lowest BCUT2D eigenvalue weighted by Crippen LogP contribution is -2.38. The van der Waals surface area contributed by atoms with Crippen LogP contribution >= 0.6 is 39.1 Å². The van der Waals surface area contributed by atoms with Crippen LogP contribution < -0.4 is 5.32 Å². The van der Waals surface area contributed by atoms with Crippen LogP contribution in [0, 0.1) is 30.6 Å². The van der Waals surface area contributed by atoms with Crippen LogP contribution in [0.5, 0.6) is 0 Å². The van der Waals surface area contributed by atoms with Crippen molar-refractivity contribution >= 4 is 68.5 Å². The lowest BCUT2D eigenvalue weighted by Gasteiger charge is -2.28. The third-order valence-electron chi connectivity index (χ3n) is 6.17. The number of hydrogen-bond donors (Lipinski definition) is 1. The standard InChI is InChI=1S/C20H19BrCl2N2O5/c1-8-4-9(2-3-12(8)21)24-13(26)7-30-14(27)6-25-19(28)15-10-5-11(16(15)20(25)29)18(23)17(10)22/h2-4,10-11,15-18H,5-7H2,1H3,(H,24,26)/t10-,11-,15-,16-,17+,18+/m1/s1. The van der Waals surface area contributed by atoms with Gasteiger partial charge < -0.3 is 10.1 Å². The van der Waals surface area contributed by atoms with Crippen molar-refractivity contribution in [3.05, 3.63) is 28.2 Å². The van der Waals surface area contributed by atoms with Crippen molar-refractivity contribution in [1.29, 1.82) is 0 Å². The van der Waals surface area contributed by atoms with E-state index in [1.807, 2.05) is 6.92 Å². The second-order valence-electron chi connectivity index (χ2n) is 7.94. The van der Waals surface area contributed by atoms with Crippen molar-refractivity contribution in [3.63, 3.8) is 0 Å². The van der Waals surface area contributed by atoms with Crippen molar-refractivity contribution in [2.45, 2.75) is 24.1 Å². The number of imide groups is 1. The zero-order valence-corrected chi connectivity index (χ0v) is 19.0. The number of nitrogens with zero attached hydrogens (tertiary/aromatic N) is 1. The number of rotatable bonds is 5. The van der Waals surface area contributed by atoms with Crippen LogP contribution in [0.15, 0.2) is 22.7 Å². The number of benzene rings is 1. The van der Waals surface area contributed by atoms with Gasteiger partial charge in [-0.15, -0.1) is 23.2 Å². The molecule has 3 amide bonds. The van der Waals surface area contributed by atoms with Crippen LogP contribution in [-0.2, 0) is 23.9 Å². The molecule has 2 bridgehead atoms. The average molecular weight is 518 g/mol. The number of amides is 3. The first-order valence-corrected chi connectivity index (χ1v) is 11.2. The van der Waals surface area contributed by atoms with Gasteiger partial charge in [0.05, 0.1) is 22.6 Å². The molecule has 1 aromatic carbocycles. The Kier molecular flexibility index (Phi) is 5.85. The van der Waals surface area contributed by atoms with Gasteiger partial charge in [-0.2, -0.15) is 0 Å². The molecule has 0 spiro atoms. The van der Waals surface area contributed by atoms with E-state index in [2.05, 4.69) is 21.2 Å². The summed E-state index contributed by atoms with van der Waals surface area (Å²) in [5.74, 6) is -3.49. The highest BCUT2D eigenvalue weighted by molar-refractivity contribution is 9.10. The first kappa shape index (κ1) is 21.6. The Morgan fingerprint density at radius 1 is 1.17 bits per heavy atom. The minimum atomic E-state index is -0.823. The number of aryl methyl sites for hydroxylation is 1.